The van der Waals surface area contributed by atoms with E-state index in [1.165, 1.54) is 0 Å². The molecule has 0 saturated carbocycles. The smallest absolute Gasteiger partial charge is 0.153 e. The Hall–Kier alpha value is -3.24. The Morgan fingerprint density at radius 2 is 1.73 bits per heavy atom. The quantitative estimate of drug-likeness (QED) is 0.793. The Morgan fingerprint density at radius 3 is 2.36 bits per heavy atom. The molecule has 22 heavy (non-hydrogen) atoms. The fraction of sp³-hybridized carbons (Fsp3) is 0.111. The molecule has 3 rings (SSSR count). The van der Waals surface area contributed by atoms with Crippen LogP contribution < -0.4 is 9.64 Å². The second kappa shape index (κ2) is 5.63. The van der Waals surface area contributed by atoms with Gasteiger partial charge in [-0.25, -0.2) is 0 Å². The third-order valence-corrected chi connectivity index (χ3v) is 3.72. The molecule has 0 spiro atoms. The predicted octanol–water partition coefficient (Wildman–Crippen LogP) is 3.47. The number of fused-ring (bicyclic) bond motifs is 1. The van der Waals surface area contributed by atoms with E-state index in [1.54, 1.807) is 7.11 Å². The molecule has 0 fully saturated rings. The van der Waals surface area contributed by atoms with Crippen LogP contribution in [0.5, 0.6) is 5.75 Å². The SMILES string of the molecule is COc1ccc(N2Cc3ccccc3C2=C(C#N)C#N)cc1. The average Bonchev–Trinajstić information content (AvgIpc) is 2.96. The number of nitriles is 2. The highest BCUT2D eigenvalue weighted by Gasteiger charge is 2.28. The van der Waals surface area contributed by atoms with Crippen molar-refractivity contribution in [1.82, 2.24) is 0 Å². The summed E-state index contributed by atoms with van der Waals surface area (Å²) in [6, 6.07) is 19.5. The zero-order valence-electron chi connectivity index (χ0n) is 12.1. The third kappa shape index (κ3) is 2.17. The Labute approximate surface area is 129 Å². The molecule has 106 valence electrons. The van der Waals surface area contributed by atoms with Crippen LogP contribution in [0.25, 0.3) is 5.70 Å². The topological polar surface area (TPSA) is 60.0 Å². The Kier molecular flexibility index (Phi) is 3.52. The molecule has 4 heteroatoms. The number of methoxy groups -OCH3 is 1. The van der Waals surface area contributed by atoms with Crippen molar-refractivity contribution in [2.75, 3.05) is 12.0 Å². The standard InChI is InChI=1S/C18H13N3O/c1-22-16-8-6-15(7-9-16)21-12-13-4-2-3-5-17(13)18(21)14(10-19)11-20/h2-9H,12H2,1H3. The lowest BCUT2D eigenvalue weighted by Gasteiger charge is -2.20. The maximum atomic E-state index is 9.28. The Morgan fingerprint density at radius 1 is 1.05 bits per heavy atom. The largest absolute Gasteiger partial charge is 0.497 e. The van der Waals surface area contributed by atoms with Gasteiger partial charge in [0.15, 0.2) is 5.57 Å². The van der Waals surface area contributed by atoms with Gasteiger partial charge in [0.1, 0.15) is 17.9 Å². The summed E-state index contributed by atoms with van der Waals surface area (Å²) in [4.78, 5) is 1.99. The van der Waals surface area contributed by atoms with Gasteiger partial charge in [0.25, 0.3) is 0 Å². The van der Waals surface area contributed by atoms with E-state index in [2.05, 4.69) is 0 Å². The van der Waals surface area contributed by atoms with Gasteiger partial charge in [-0.1, -0.05) is 24.3 Å². The minimum atomic E-state index is 0.126. The minimum Gasteiger partial charge on any atom is -0.497 e. The predicted molar refractivity (Wildman–Crippen MR) is 83.8 cm³/mol. The molecule has 0 amide bonds. The lowest BCUT2D eigenvalue weighted by Crippen LogP contribution is -2.15. The number of hydrogen-bond acceptors (Lipinski definition) is 4. The molecule has 0 saturated heterocycles. The summed E-state index contributed by atoms with van der Waals surface area (Å²) in [7, 11) is 1.62. The van der Waals surface area contributed by atoms with Crippen LogP contribution >= 0.6 is 0 Å². The minimum absolute atomic E-state index is 0.126. The molecule has 1 aliphatic heterocycles. The van der Waals surface area contributed by atoms with E-state index in [-0.39, 0.29) is 5.57 Å². The summed E-state index contributed by atoms with van der Waals surface area (Å²) in [5, 5.41) is 18.6. The van der Waals surface area contributed by atoms with Crippen LogP contribution in [0.2, 0.25) is 0 Å². The van der Waals surface area contributed by atoms with Crippen molar-refractivity contribution in [2.45, 2.75) is 6.54 Å². The van der Waals surface area contributed by atoms with Crippen LogP contribution in [0.4, 0.5) is 5.69 Å². The first kappa shape index (κ1) is 13.7. The van der Waals surface area contributed by atoms with Crippen molar-refractivity contribution in [3.8, 4) is 17.9 Å². The molecule has 1 aliphatic rings. The summed E-state index contributed by atoms with van der Waals surface area (Å²) in [6.07, 6.45) is 0. The second-order valence-electron chi connectivity index (χ2n) is 4.89. The normalized spacial score (nSPS) is 12.3. The summed E-state index contributed by atoms with van der Waals surface area (Å²) >= 11 is 0. The summed E-state index contributed by atoms with van der Waals surface area (Å²) in [5.74, 6) is 0.770. The van der Waals surface area contributed by atoms with Crippen molar-refractivity contribution in [3.05, 3.63) is 65.2 Å². The summed E-state index contributed by atoms with van der Waals surface area (Å²) < 4.78 is 5.18. The van der Waals surface area contributed by atoms with Gasteiger partial charge in [-0.2, -0.15) is 10.5 Å². The van der Waals surface area contributed by atoms with Crippen LogP contribution in [-0.2, 0) is 6.54 Å². The third-order valence-electron chi connectivity index (χ3n) is 3.72. The lowest BCUT2D eigenvalue weighted by molar-refractivity contribution is 0.415. The van der Waals surface area contributed by atoms with Gasteiger partial charge in [0.05, 0.1) is 12.8 Å². The molecule has 0 radical (unpaired) electrons. The van der Waals surface area contributed by atoms with Crippen LogP contribution in [0, 0.1) is 22.7 Å². The zero-order chi connectivity index (χ0) is 15.5. The van der Waals surface area contributed by atoms with Gasteiger partial charge in [0.2, 0.25) is 0 Å². The molecule has 4 nitrogen and oxygen atoms in total. The first-order valence-corrected chi connectivity index (χ1v) is 6.83. The fourth-order valence-corrected chi connectivity index (χ4v) is 2.67. The van der Waals surface area contributed by atoms with Gasteiger partial charge < -0.3 is 9.64 Å². The van der Waals surface area contributed by atoms with E-state index >= 15 is 0 Å². The van der Waals surface area contributed by atoms with Gasteiger partial charge in [-0.15, -0.1) is 0 Å². The van der Waals surface area contributed by atoms with E-state index in [1.807, 2.05) is 65.6 Å². The molecular formula is C18H13N3O. The summed E-state index contributed by atoms with van der Waals surface area (Å²) in [5.41, 5.74) is 3.77. The number of nitrogens with zero attached hydrogens (tertiary/aromatic N) is 3. The van der Waals surface area contributed by atoms with Crippen molar-refractivity contribution < 1.29 is 4.74 Å². The zero-order valence-corrected chi connectivity index (χ0v) is 12.1. The molecule has 0 aromatic heterocycles. The van der Waals surface area contributed by atoms with E-state index in [0.717, 1.165) is 22.6 Å². The Balaban J connectivity index is 2.14. The van der Waals surface area contributed by atoms with Gasteiger partial charge in [0, 0.05) is 17.8 Å². The monoisotopic (exact) mass is 287 g/mol. The number of rotatable bonds is 2. The van der Waals surface area contributed by atoms with Gasteiger partial charge >= 0.3 is 0 Å². The maximum absolute atomic E-state index is 9.28. The number of benzene rings is 2. The molecule has 1 heterocycles. The first-order chi connectivity index (χ1) is 10.8. The number of allylic oxidation sites excluding steroid dienone is 1. The molecule has 0 N–H and O–H groups in total. The van der Waals surface area contributed by atoms with Crippen LogP contribution in [0.1, 0.15) is 11.1 Å². The molecular weight excluding hydrogens is 274 g/mol. The molecule has 0 unspecified atom stereocenters. The number of hydrogen-bond donors (Lipinski definition) is 0. The maximum Gasteiger partial charge on any atom is 0.153 e. The highest BCUT2D eigenvalue weighted by atomic mass is 16.5. The van der Waals surface area contributed by atoms with E-state index in [9.17, 15) is 10.5 Å². The van der Waals surface area contributed by atoms with E-state index in [0.29, 0.717) is 12.2 Å². The van der Waals surface area contributed by atoms with Crippen molar-refractivity contribution in [3.63, 3.8) is 0 Å². The number of ether oxygens (including phenoxy) is 1. The average molecular weight is 287 g/mol. The van der Waals surface area contributed by atoms with Crippen LogP contribution in [-0.4, -0.2) is 7.11 Å². The highest BCUT2D eigenvalue weighted by molar-refractivity contribution is 5.90. The molecule has 0 atom stereocenters. The van der Waals surface area contributed by atoms with Crippen molar-refractivity contribution in [2.24, 2.45) is 0 Å². The first-order valence-electron chi connectivity index (χ1n) is 6.83. The summed E-state index contributed by atoms with van der Waals surface area (Å²) in [6.45, 7) is 0.644. The van der Waals surface area contributed by atoms with Gasteiger partial charge in [-0.3, -0.25) is 0 Å². The van der Waals surface area contributed by atoms with Crippen LogP contribution in [0.15, 0.2) is 54.1 Å². The molecule has 0 bridgehead atoms. The van der Waals surface area contributed by atoms with E-state index in [4.69, 9.17) is 4.74 Å². The molecule has 2 aromatic rings. The van der Waals surface area contributed by atoms with Crippen molar-refractivity contribution >= 4 is 11.4 Å². The highest BCUT2D eigenvalue weighted by Crippen LogP contribution is 2.38. The number of anilines is 1. The molecule has 0 aliphatic carbocycles. The lowest BCUT2D eigenvalue weighted by atomic mass is 10.1. The van der Waals surface area contributed by atoms with Crippen molar-refractivity contribution in [1.29, 1.82) is 10.5 Å². The fourth-order valence-electron chi connectivity index (χ4n) is 2.67. The Bertz CT molecular complexity index is 807. The molecule has 2 aromatic carbocycles. The van der Waals surface area contributed by atoms with Crippen LogP contribution in [0.3, 0.4) is 0 Å². The van der Waals surface area contributed by atoms with Gasteiger partial charge in [-0.05, 0) is 29.8 Å². The second-order valence-corrected chi connectivity index (χ2v) is 4.89. The van der Waals surface area contributed by atoms with E-state index < -0.39 is 0 Å².